The van der Waals surface area contributed by atoms with E-state index in [2.05, 4.69) is 6.92 Å². The highest BCUT2D eigenvalue weighted by Crippen LogP contribution is 2.35. The zero-order valence-corrected chi connectivity index (χ0v) is 14.0. The minimum atomic E-state index is -0.341. The molecule has 3 fully saturated rings. The number of hydrogen-bond donors (Lipinski definition) is 1. The molecule has 1 saturated heterocycles. The van der Waals surface area contributed by atoms with Gasteiger partial charge in [-0.25, -0.2) is 0 Å². The van der Waals surface area contributed by atoms with Crippen molar-refractivity contribution in [1.82, 2.24) is 4.90 Å². The van der Waals surface area contributed by atoms with E-state index in [1.807, 2.05) is 11.8 Å². The van der Waals surface area contributed by atoms with Crippen LogP contribution in [-0.2, 0) is 9.53 Å². The Labute approximate surface area is 134 Å². The van der Waals surface area contributed by atoms with Crippen LogP contribution in [0.2, 0.25) is 0 Å². The molecule has 0 aromatic rings. The van der Waals surface area contributed by atoms with Gasteiger partial charge in [0.2, 0.25) is 0 Å². The third kappa shape index (κ3) is 3.48. The topological polar surface area (TPSA) is 49.8 Å². The van der Waals surface area contributed by atoms with Crippen LogP contribution in [0.4, 0.5) is 0 Å². The molecular weight excluding hydrogens is 278 g/mol. The summed E-state index contributed by atoms with van der Waals surface area (Å²) in [7, 11) is 0. The molecule has 5 atom stereocenters. The molecule has 1 heterocycles. The molecule has 1 aliphatic heterocycles. The monoisotopic (exact) mass is 309 g/mol. The molecule has 0 aromatic carbocycles. The number of carbonyl (C=O) groups excluding carboxylic acids is 1. The highest BCUT2D eigenvalue weighted by Gasteiger charge is 2.41. The lowest BCUT2D eigenvalue weighted by atomic mass is 9.75. The van der Waals surface area contributed by atoms with Crippen LogP contribution in [0, 0.1) is 17.8 Å². The van der Waals surface area contributed by atoms with Gasteiger partial charge in [-0.3, -0.25) is 4.79 Å². The predicted octanol–water partition coefficient (Wildman–Crippen LogP) is 2.59. The first-order chi connectivity index (χ1) is 10.5. The number of amides is 1. The molecule has 3 rings (SSSR count). The quantitative estimate of drug-likeness (QED) is 0.872. The fourth-order valence-electron chi connectivity index (χ4n) is 4.69. The summed E-state index contributed by atoms with van der Waals surface area (Å²) in [6, 6.07) is 0. The van der Waals surface area contributed by atoms with Crippen LogP contribution < -0.4 is 0 Å². The molecule has 3 aliphatic rings. The van der Waals surface area contributed by atoms with Gasteiger partial charge in [-0.15, -0.1) is 0 Å². The van der Waals surface area contributed by atoms with Crippen molar-refractivity contribution < 1.29 is 14.6 Å². The summed E-state index contributed by atoms with van der Waals surface area (Å²) in [5.74, 6) is 1.39. The minimum absolute atomic E-state index is 0.127. The number of nitrogens with zero attached hydrogens (tertiary/aromatic N) is 1. The van der Waals surface area contributed by atoms with Crippen molar-refractivity contribution in [3.8, 4) is 0 Å². The van der Waals surface area contributed by atoms with E-state index in [1.165, 1.54) is 19.3 Å². The maximum absolute atomic E-state index is 12.7. The van der Waals surface area contributed by atoms with Gasteiger partial charge in [-0.05, 0) is 38.5 Å². The third-order valence-electron chi connectivity index (χ3n) is 5.97. The Morgan fingerprint density at radius 1 is 1.14 bits per heavy atom. The average Bonchev–Trinajstić information content (AvgIpc) is 2.46. The van der Waals surface area contributed by atoms with Gasteiger partial charge in [0.05, 0.1) is 12.2 Å². The Hall–Kier alpha value is -0.610. The van der Waals surface area contributed by atoms with E-state index in [0.717, 1.165) is 25.7 Å². The van der Waals surface area contributed by atoms with Crippen LogP contribution >= 0.6 is 0 Å². The van der Waals surface area contributed by atoms with Gasteiger partial charge in [-0.1, -0.05) is 26.2 Å². The summed E-state index contributed by atoms with van der Waals surface area (Å²) < 4.78 is 6.07. The molecule has 0 radical (unpaired) electrons. The number of hydrogen-bond acceptors (Lipinski definition) is 3. The Balaban J connectivity index is 1.54. The fourth-order valence-corrected chi connectivity index (χ4v) is 4.69. The van der Waals surface area contributed by atoms with E-state index in [0.29, 0.717) is 19.0 Å². The summed E-state index contributed by atoms with van der Waals surface area (Å²) in [5, 5.41) is 10.2. The SMILES string of the molecule is CC1CCCC(OC(C)C(=O)N2CC3CCCC(C2)C3O)C1. The Kier molecular flexibility index (Phi) is 5.08. The zero-order valence-electron chi connectivity index (χ0n) is 14.0. The van der Waals surface area contributed by atoms with E-state index in [1.54, 1.807) is 0 Å². The van der Waals surface area contributed by atoms with Crippen molar-refractivity contribution in [2.45, 2.75) is 77.1 Å². The van der Waals surface area contributed by atoms with Crippen LogP contribution in [0.15, 0.2) is 0 Å². The molecule has 0 spiro atoms. The lowest BCUT2D eigenvalue weighted by Crippen LogP contribution is -2.55. The standard InChI is InChI=1S/C18H31NO3/c1-12-5-3-8-16(9-12)22-13(2)18(21)19-10-14-6-4-7-15(11-19)17(14)20/h12-17,20H,3-11H2,1-2H3. The summed E-state index contributed by atoms with van der Waals surface area (Å²) in [6.07, 6.45) is 7.68. The average molecular weight is 309 g/mol. The predicted molar refractivity (Wildman–Crippen MR) is 85.4 cm³/mol. The van der Waals surface area contributed by atoms with Gasteiger partial charge < -0.3 is 14.7 Å². The molecule has 1 amide bonds. The van der Waals surface area contributed by atoms with E-state index in [-0.39, 0.29) is 36.1 Å². The molecule has 5 unspecified atom stereocenters. The number of aliphatic hydroxyl groups excluding tert-OH is 1. The molecule has 0 aromatic heterocycles. The number of carbonyl (C=O) groups is 1. The molecule has 4 heteroatoms. The lowest BCUT2D eigenvalue weighted by molar-refractivity contribution is -0.155. The molecule has 4 nitrogen and oxygen atoms in total. The first kappa shape index (κ1) is 16.3. The molecule has 22 heavy (non-hydrogen) atoms. The zero-order chi connectivity index (χ0) is 15.7. The molecule has 1 N–H and O–H groups in total. The number of piperidine rings is 1. The number of aliphatic hydroxyl groups is 1. The first-order valence-corrected chi connectivity index (χ1v) is 9.17. The molecular formula is C18H31NO3. The van der Waals surface area contributed by atoms with E-state index < -0.39 is 0 Å². The van der Waals surface area contributed by atoms with Gasteiger partial charge in [-0.2, -0.15) is 0 Å². The second kappa shape index (κ2) is 6.88. The molecule has 2 saturated carbocycles. The highest BCUT2D eigenvalue weighted by atomic mass is 16.5. The third-order valence-corrected chi connectivity index (χ3v) is 5.97. The summed E-state index contributed by atoms with van der Waals surface area (Å²) in [4.78, 5) is 14.7. The highest BCUT2D eigenvalue weighted by molar-refractivity contribution is 5.80. The van der Waals surface area contributed by atoms with Gasteiger partial charge in [0.25, 0.3) is 5.91 Å². The number of rotatable bonds is 3. The van der Waals surface area contributed by atoms with Gasteiger partial charge in [0.15, 0.2) is 0 Å². The van der Waals surface area contributed by atoms with Crippen molar-refractivity contribution in [3.63, 3.8) is 0 Å². The number of fused-ring (bicyclic) bond motifs is 2. The normalized spacial score (nSPS) is 40.3. The maximum Gasteiger partial charge on any atom is 0.251 e. The van der Waals surface area contributed by atoms with Crippen molar-refractivity contribution in [2.75, 3.05) is 13.1 Å². The Morgan fingerprint density at radius 3 is 2.41 bits per heavy atom. The Bertz CT molecular complexity index is 386. The van der Waals surface area contributed by atoms with Crippen molar-refractivity contribution in [2.24, 2.45) is 17.8 Å². The van der Waals surface area contributed by atoms with E-state index in [4.69, 9.17) is 4.74 Å². The van der Waals surface area contributed by atoms with Gasteiger partial charge in [0, 0.05) is 24.9 Å². The van der Waals surface area contributed by atoms with Crippen molar-refractivity contribution >= 4 is 5.91 Å². The largest absolute Gasteiger partial charge is 0.392 e. The second-order valence-electron chi connectivity index (χ2n) is 7.86. The van der Waals surface area contributed by atoms with Crippen LogP contribution in [-0.4, -0.2) is 47.3 Å². The first-order valence-electron chi connectivity index (χ1n) is 9.17. The van der Waals surface area contributed by atoms with E-state index >= 15 is 0 Å². The number of ether oxygens (including phenoxy) is 1. The van der Waals surface area contributed by atoms with Crippen LogP contribution in [0.5, 0.6) is 0 Å². The summed E-state index contributed by atoms with van der Waals surface area (Å²) >= 11 is 0. The molecule has 2 aliphatic carbocycles. The molecule has 126 valence electrons. The van der Waals surface area contributed by atoms with Crippen LogP contribution in [0.3, 0.4) is 0 Å². The molecule has 2 bridgehead atoms. The summed E-state index contributed by atoms with van der Waals surface area (Å²) in [5.41, 5.74) is 0. The van der Waals surface area contributed by atoms with Crippen molar-refractivity contribution in [1.29, 1.82) is 0 Å². The fraction of sp³-hybridized carbons (Fsp3) is 0.944. The Morgan fingerprint density at radius 2 is 1.77 bits per heavy atom. The summed E-state index contributed by atoms with van der Waals surface area (Å²) in [6.45, 7) is 5.61. The van der Waals surface area contributed by atoms with Crippen LogP contribution in [0.25, 0.3) is 0 Å². The van der Waals surface area contributed by atoms with E-state index in [9.17, 15) is 9.90 Å². The van der Waals surface area contributed by atoms with Gasteiger partial charge >= 0.3 is 0 Å². The number of likely N-dealkylation sites (tertiary alicyclic amines) is 1. The minimum Gasteiger partial charge on any atom is -0.392 e. The van der Waals surface area contributed by atoms with Crippen molar-refractivity contribution in [3.05, 3.63) is 0 Å². The second-order valence-corrected chi connectivity index (χ2v) is 7.86. The van der Waals surface area contributed by atoms with Gasteiger partial charge in [0.1, 0.15) is 6.10 Å². The van der Waals surface area contributed by atoms with Crippen LogP contribution in [0.1, 0.15) is 58.8 Å². The maximum atomic E-state index is 12.7. The smallest absolute Gasteiger partial charge is 0.251 e. The lowest BCUT2D eigenvalue weighted by Gasteiger charge is -2.45.